The number of alkyl halides is 2. The zero-order chi connectivity index (χ0) is 20.1. The SMILES string of the molecule is C[C@H](Nc1ccc(F)c([C@@]2(C)N=C(N)OCC2(F)F)c1)c1cc(C2CC2)on1. The molecule has 4 rings (SSSR count). The summed E-state index contributed by atoms with van der Waals surface area (Å²) >= 11 is 0. The first-order valence-electron chi connectivity index (χ1n) is 9.08. The number of rotatable bonds is 5. The van der Waals surface area contributed by atoms with Gasteiger partial charge in [0.05, 0.1) is 6.04 Å². The van der Waals surface area contributed by atoms with Gasteiger partial charge in [-0.25, -0.2) is 9.38 Å². The van der Waals surface area contributed by atoms with E-state index in [1.165, 1.54) is 12.1 Å². The number of benzene rings is 1. The molecule has 0 unspecified atom stereocenters. The molecule has 150 valence electrons. The van der Waals surface area contributed by atoms with Crippen LogP contribution in [-0.4, -0.2) is 23.7 Å². The van der Waals surface area contributed by atoms with Crippen molar-refractivity contribution in [2.45, 2.75) is 50.1 Å². The van der Waals surface area contributed by atoms with Gasteiger partial charge in [0.25, 0.3) is 6.02 Å². The van der Waals surface area contributed by atoms with E-state index in [0.717, 1.165) is 31.6 Å². The van der Waals surface area contributed by atoms with E-state index in [0.29, 0.717) is 17.3 Å². The third-order valence-electron chi connectivity index (χ3n) is 5.29. The monoisotopic (exact) mass is 394 g/mol. The standard InChI is InChI=1S/C19H21F3N4O2/c1-10(15-8-16(28-26-15)11-3-4-11)24-12-5-6-14(20)13(7-12)18(2)19(21,22)9-27-17(23)25-18/h5-8,10-11,24H,3-4,9H2,1-2H3,(H2,23,25)/t10-,18+/m0/s1. The summed E-state index contributed by atoms with van der Waals surface area (Å²) in [6, 6.07) is 5.17. The van der Waals surface area contributed by atoms with E-state index in [-0.39, 0.29) is 11.6 Å². The van der Waals surface area contributed by atoms with Gasteiger partial charge in [0, 0.05) is 23.2 Å². The van der Waals surface area contributed by atoms with Crippen LogP contribution in [0.15, 0.2) is 33.8 Å². The van der Waals surface area contributed by atoms with Gasteiger partial charge in [-0.3, -0.25) is 0 Å². The number of nitrogens with zero attached hydrogens (tertiary/aromatic N) is 2. The third kappa shape index (κ3) is 3.18. The first-order valence-corrected chi connectivity index (χ1v) is 9.08. The molecule has 1 aliphatic heterocycles. The van der Waals surface area contributed by atoms with Crippen molar-refractivity contribution < 1.29 is 22.4 Å². The Balaban J connectivity index is 1.62. The summed E-state index contributed by atoms with van der Waals surface area (Å²) in [5, 5.41) is 7.21. The molecule has 3 N–H and O–H groups in total. The van der Waals surface area contributed by atoms with Gasteiger partial charge in [0.2, 0.25) is 0 Å². The van der Waals surface area contributed by atoms with Crippen LogP contribution >= 0.6 is 0 Å². The van der Waals surface area contributed by atoms with Gasteiger partial charge in [0.15, 0.2) is 12.1 Å². The summed E-state index contributed by atoms with van der Waals surface area (Å²) in [7, 11) is 0. The smallest absolute Gasteiger partial charge is 0.310 e. The van der Waals surface area contributed by atoms with Crippen molar-refractivity contribution in [3.8, 4) is 0 Å². The molecule has 1 aromatic carbocycles. The second-order valence-electron chi connectivity index (χ2n) is 7.50. The summed E-state index contributed by atoms with van der Waals surface area (Å²) < 4.78 is 53.6. The van der Waals surface area contributed by atoms with Crippen molar-refractivity contribution in [3.05, 3.63) is 47.1 Å². The molecule has 2 atom stereocenters. The molecule has 2 aromatic rings. The van der Waals surface area contributed by atoms with Crippen LogP contribution in [0.25, 0.3) is 0 Å². The average molecular weight is 394 g/mol. The molecule has 9 heteroatoms. The minimum Gasteiger partial charge on any atom is -0.459 e. The molecule has 0 saturated heterocycles. The van der Waals surface area contributed by atoms with E-state index in [9.17, 15) is 13.2 Å². The fourth-order valence-electron chi connectivity index (χ4n) is 3.28. The van der Waals surface area contributed by atoms with Crippen LogP contribution in [-0.2, 0) is 10.3 Å². The maximum absolute atomic E-state index is 14.5. The number of amidine groups is 1. The summed E-state index contributed by atoms with van der Waals surface area (Å²) in [5.41, 5.74) is 4.19. The number of nitrogens with one attached hydrogen (secondary N) is 1. The third-order valence-corrected chi connectivity index (χ3v) is 5.29. The molecule has 1 saturated carbocycles. The van der Waals surface area contributed by atoms with Gasteiger partial charge in [-0.1, -0.05) is 5.16 Å². The van der Waals surface area contributed by atoms with Crippen LogP contribution in [0.4, 0.5) is 18.9 Å². The summed E-state index contributed by atoms with van der Waals surface area (Å²) in [6.07, 6.45) is 2.19. The Bertz CT molecular complexity index is 926. The molecule has 28 heavy (non-hydrogen) atoms. The van der Waals surface area contributed by atoms with Crippen LogP contribution in [0.5, 0.6) is 0 Å². The molecule has 0 spiro atoms. The fraction of sp³-hybridized carbons (Fsp3) is 0.474. The number of aromatic nitrogens is 1. The minimum atomic E-state index is -3.42. The van der Waals surface area contributed by atoms with Crippen LogP contribution in [0.2, 0.25) is 0 Å². The molecule has 1 aromatic heterocycles. The van der Waals surface area contributed by atoms with E-state index in [2.05, 4.69) is 20.2 Å². The van der Waals surface area contributed by atoms with Gasteiger partial charge in [-0.05, 0) is 44.9 Å². The Labute approximate surface area is 159 Å². The normalized spacial score (nSPS) is 25.0. The molecule has 1 fully saturated rings. The van der Waals surface area contributed by atoms with Gasteiger partial charge < -0.3 is 20.3 Å². The molecule has 0 bridgehead atoms. The lowest BCUT2D eigenvalue weighted by Crippen LogP contribution is -2.51. The average Bonchev–Trinajstić information content (AvgIpc) is 3.37. The highest BCUT2D eigenvalue weighted by Gasteiger charge is 2.56. The molecule has 0 amide bonds. The molecular weight excluding hydrogens is 373 g/mol. The van der Waals surface area contributed by atoms with E-state index in [4.69, 9.17) is 10.3 Å². The van der Waals surface area contributed by atoms with Crippen molar-refractivity contribution in [1.29, 1.82) is 0 Å². The first-order chi connectivity index (χ1) is 13.2. The van der Waals surface area contributed by atoms with Gasteiger partial charge >= 0.3 is 5.92 Å². The van der Waals surface area contributed by atoms with E-state index in [1.54, 1.807) is 0 Å². The zero-order valence-corrected chi connectivity index (χ0v) is 15.5. The lowest BCUT2D eigenvalue weighted by atomic mass is 9.85. The van der Waals surface area contributed by atoms with Crippen molar-refractivity contribution in [3.63, 3.8) is 0 Å². The lowest BCUT2D eigenvalue weighted by Gasteiger charge is -2.37. The zero-order valence-electron chi connectivity index (χ0n) is 15.5. The van der Waals surface area contributed by atoms with Gasteiger partial charge in [-0.15, -0.1) is 0 Å². The van der Waals surface area contributed by atoms with E-state index < -0.39 is 29.9 Å². The summed E-state index contributed by atoms with van der Waals surface area (Å²) in [4.78, 5) is 3.73. The largest absolute Gasteiger partial charge is 0.459 e. The number of nitrogens with two attached hydrogens (primary N) is 1. The van der Waals surface area contributed by atoms with Crippen LogP contribution in [0.1, 0.15) is 55.7 Å². The number of aliphatic imine (C=N–C) groups is 1. The highest BCUT2D eigenvalue weighted by Crippen LogP contribution is 2.45. The Kier molecular flexibility index (Phi) is 4.28. The maximum Gasteiger partial charge on any atom is 0.310 e. The molecular formula is C19H21F3N4O2. The Hall–Kier alpha value is -2.71. The predicted molar refractivity (Wildman–Crippen MR) is 96.8 cm³/mol. The van der Waals surface area contributed by atoms with Gasteiger partial charge in [-0.2, -0.15) is 8.78 Å². The number of hydrogen-bond acceptors (Lipinski definition) is 6. The Morgan fingerprint density at radius 1 is 1.29 bits per heavy atom. The molecule has 6 nitrogen and oxygen atoms in total. The fourth-order valence-corrected chi connectivity index (χ4v) is 3.28. The number of hydrogen-bond donors (Lipinski definition) is 2. The molecule has 0 radical (unpaired) electrons. The van der Waals surface area contributed by atoms with Crippen molar-refractivity contribution in [2.24, 2.45) is 10.7 Å². The lowest BCUT2D eigenvalue weighted by molar-refractivity contribution is -0.117. The van der Waals surface area contributed by atoms with Crippen LogP contribution in [0, 0.1) is 5.82 Å². The molecule has 2 heterocycles. The van der Waals surface area contributed by atoms with E-state index in [1.807, 2.05) is 13.0 Å². The maximum atomic E-state index is 14.5. The summed E-state index contributed by atoms with van der Waals surface area (Å²) in [5.74, 6) is -2.93. The van der Waals surface area contributed by atoms with Crippen molar-refractivity contribution in [2.75, 3.05) is 11.9 Å². The minimum absolute atomic E-state index is 0.258. The highest BCUT2D eigenvalue weighted by molar-refractivity contribution is 5.73. The van der Waals surface area contributed by atoms with E-state index >= 15 is 0 Å². The topological polar surface area (TPSA) is 85.7 Å². The Morgan fingerprint density at radius 3 is 2.75 bits per heavy atom. The van der Waals surface area contributed by atoms with Crippen LogP contribution in [0.3, 0.4) is 0 Å². The molecule has 1 aliphatic carbocycles. The molecule has 2 aliphatic rings. The van der Waals surface area contributed by atoms with Crippen LogP contribution < -0.4 is 11.1 Å². The second kappa shape index (κ2) is 6.42. The first kappa shape index (κ1) is 18.6. The second-order valence-corrected chi connectivity index (χ2v) is 7.50. The van der Waals surface area contributed by atoms with Gasteiger partial charge in [0.1, 0.15) is 17.3 Å². The number of ether oxygens (including phenoxy) is 1. The van der Waals surface area contributed by atoms with Crippen molar-refractivity contribution in [1.82, 2.24) is 5.16 Å². The van der Waals surface area contributed by atoms with Crippen molar-refractivity contribution >= 4 is 11.7 Å². The quantitative estimate of drug-likeness (QED) is 0.799. The number of anilines is 1. The Morgan fingerprint density at radius 2 is 2.04 bits per heavy atom. The number of halogens is 3. The summed E-state index contributed by atoms with van der Waals surface area (Å²) in [6.45, 7) is 2.04. The predicted octanol–water partition coefficient (Wildman–Crippen LogP) is 4.06. The highest BCUT2D eigenvalue weighted by atomic mass is 19.3.